The van der Waals surface area contributed by atoms with Crippen molar-refractivity contribution in [3.63, 3.8) is 0 Å². The van der Waals surface area contributed by atoms with E-state index in [9.17, 15) is 27.7 Å². The molecule has 0 aliphatic carbocycles. The van der Waals surface area contributed by atoms with Gasteiger partial charge in [-0.15, -0.1) is 22.7 Å². The Kier molecular flexibility index (Phi) is 5.83. The van der Waals surface area contributed by atoms with Crippen LogP contribution < -0.4 is 9.62 Å². The zero-order valence-corrected chi connectivity index (χ0v) is 18.7. The highest BCUT2D eigenvalue weighted by atomic mass is 35.5. The molecule has 3 aromatic rings. The Labute approximate surface area is 189 Å². The van der Waals surface area contributed by atoms with Gasteiger partial charge in [0, 0.05) is 22.4 Å². The van der Waals surface area contributed by atoms with Crippen LogP contribution in [0.2, 0.25) is 4.34 Å². The lowest BCUT2D eigenvalue weighted by Gasteiger charge is -2.17. The molecule has 13 heteroatoms. The summed E-state index contributed by atoms with van der Waals surface area (Å²) in [6.07, 6.45) is 0.132. The molecule has 31 heavy (non-hydrogen) atoms. The van der Waals surface area contributed by atoms with Crippen molar-refractivity contribution in [1.29, 1.82) is 0 Å². The number of hydrogen-bond acceptors (Lipinski definition) is 7. The Morgan fingerprint density at radius 1 is 1.16 bits per heavy atom. The number of nitrogens with zero attached hydrogens (tertiary/aromatic N) is 2. The van der Waals surface area contributed by atoms with Gasteiger partial charge in [0.05, 0.1) is 21.0 Å². The number of halogens is 2. The average Bonchev–Trinajstić information content (AvgIpc) is 3.43. The van der Waals surface area contributed by atoms with E-state index in [-0.39, 0.29) is 22.9 Å². The van der Waals surface area contributed by atoms with Crippen LogP contribution in [0, 0.1) is 15.9 Å². The Morgan fingerprint density at radius 2 is 1.87 bits per heavy atom. The number of non-ortho nitro benzene ring substituents is 1. The van der Waals surface area contributed by atoms with Gasteiger partial charge in [0.1, 0.15) is 10.3 Å². The van der Waals surface area contributed by atoms with E-state index in [1.54, 1.807) is 18.2 Å². The number of nitrogens with one attached hydrogen (secondary N) is 1. The molecular weight excluding hydrogens is 489 g/mol. The number of rotatable bonds is 6. The second kappa shape index (κ2) is 8.28. The summed E-state index contributed by atoms with van der Waals surface area (Å²) in [6, 6.07) is 8.51. The summed E-state index contributed by atoms with van der Waals surface area (Å²) in [5.74, 6) is -1.55. The fourth-order valence-corrected chi connectivity index (χ4v) is 6.83. The first-order valence-electron chi connectivity index (χ1n) is 8.79. The number of thiophene rings is 2. The molecule has 1 fully saturated rings. The first-order valence-corrected chi connectivity index (χ1v) is 12.3. The highest BCUT2D eigenvalue weighted by molar-refractivity contribution is 7.91. The van der Waals surface area contributed by atoms with Crippen molar-refractivity contribution in [3.8, 4) is 9.75 Å². The highest BCUT2D eigenvalue weighted by Crippen LogP contribution is 2.37. The second-order valence-electron chi connectivity index (χ2n) is 6.57. The van der Waals surface area contributed by atoms with E-state index in [4.69, 9.17) is 11.6 Å². The van der Waals surface area contributed by atoms with Crippen LogP contribution in [0.4, 0.5) is 15.8 Å². The minimum absolute atomic E-state index is 0.0415. The third-order valence-corrected chi connectivity index (χ3v) is 9.07. The molecule has 1 atom stereocenters. The largest absolute Gasteiger partial charge is 0.308 e. The van der Waals surface area contributed by atoms with E-state index in [2.05, 4.69) is 4.72 Å². The predicted octanol–water partition coefficient (Wildman–Crippen LogP) is 4.26. The fourth-order valence-electron chi connectivity index (χ4n) is 3.15. The van der Waals surface area contributed by atoms with Crippen LogP contribution in [0.5, 0.6) is 0 Å². The van der Waals surface area contributed by atoms with Crippen molar-refractivity contribution < 1.29 is 22.5 Å². The summed E-state index contributed by atoms with van der Waals surface area (Å²) in [6.45, 7) is 0.0735. The predicted molar refractivity (Wildman–Crippen MR) is 117 cm³/mol. The highest BCUT2D eigenvalue weighted by Gasteiger charge is 2.37. The zero-order valence-electron chi connectivity index (χ0n) is 15.4. The van der Waals surface area contributed by atoms with Crippen LogP contribution >= 0.6 is 34.3 Å². The van der Waals surface area contributed by atoms with Gasteiger partial charge in [-0.3, -0.25) is 14.9 Å². The number of nitro benzene ring substituents is 1. The van der Waals surface area contributed by atoms with Crippen LogP contribution in [-0.4, -0.2) is 31.8 Å². The number of carbonyl (C=O) groups excluding carboxylic acids is 1. The minimum Gasteiger partial charge on any atom is -0.308 e. The quantitative estimate of drug-likeness (QED) is 0.401. The number of carbonyl (C=O) groups is 1. The van der Waals surface area contributed by atoms with E-state index in [1.165, 1.54) is 17.4 Å². The number of anilines is 1. The van der Waals surface area contributed by atoms with E-state index in [1.807, 2.05) is 0 Å². The molecule has 1 aromatic carbocycles. The summed E-state index contributed by atoms with van der Waals surface area (Å²) in [4.78, 5) is 25.4. The second-order valence-corrected chi connectivity index (χ2v) is 11.3. The molecule has 2 aromatic heterocycles. The third-order valence-electron chi connectivity index (χ3n) is 4.60. The molecule has 3 heterocycles. The molecule has 0 spiro atoms. The maximum atomic E-state index is 14.3. The zero-order chi connectivity index (χ0) is 22.3. The van der Waals surface area contributed by atoms with Crippen LogP contribution in [0.1, 0.15) is 6.42 Å². The van der Waals surface area contributed by atoms with Crippen LogP contribution in [0.25, 0.3) is 9.75 Å². The smallest absolute Gasteiger partial charge is 0.272 e. The van der Waals surface area contributed by atoms with Gasteiger partial charge in [0.15, 0.2) is 5.82 Å². The van der Waals surface area contributed by atoms with Crippen molar-refractivity contribution in [2.45, 2.75) is 16.7 Å². The molecule has 4 rings (SSSR count). The molecule has 0 saturated carbocycles. The normalized spacial score (nSPS) is 16.8. The maximum Gasteiger partial charge on any atom is 0.272 e. The summed E-state index contributed by atoms with van der Waals surface area (Å²) >= 11 is 8.30. The SMILES string of the molecule is O=C1[C@@H](NS(=O)(=O)c2ccc(-c3ccc(Cl)s3)s2)CCN1c1ccc([N+](=O)[O-])cc1F. The Hall–Kier alpha value is -2.38. The van der Waals surface area contributed by atoms with Gasteiger partial charge in [-0.05, 0) is 36.8 Å². The van der Waals surface area contributed by atoms with Crippen molar-refractivity contribution in [3.05, 3.63) is 62.7 Å². The van der Waals surface area contributed by atoms with Gasteiger partial charge in [0.25, 0.3) is 15.7 Å². The van der Waals surface area contributed by atoms with Gasteiger partial charge in [0.2, 0.25) is 5.91 Å². The average molecular weight is 502 g/mol. The lowest BCUT2D eigenvalue weighted by atomic mass is 10.2. The molecule has 0 radical (unpaired) electrons. The number of amides is 1. The van der Waals surface area contributed by atoms with E-state index < -0.39 is 38.4 Å². The Morgan fingerprint density at radius 3 is 2.52 bits per heavy atom. The van der Waals surface area contributed by atoms with Crippen molar-refractivity contribution in [1.82, 2.24) is 4.72 Å². The molecule has 162 valence electrons. The van der Waals surface area contributed by atoms with Crippen molar-refractivity contribution in [2.24, 2.45) is 0 Å². The lowest BCUT2D eigenvalue weighted by molar-refractivity contribution is -0.385. The number of sulfonamides is 1. The van der Waals surface area contributed by atoms with Gasteiger partial charge in [-0.2, -0.15) is 4.72 Å². The third kappa shape index (κ3) is 4.34. The number of nitro groups is 1. The number of benzene rings is 1. The molecule has 1 saturated heterocycles. The molecular formula is C18H13ClFN3O5S3. The minimum atomic E-state index is -3.98. The van der Waals surface area contributed by atoms with E-state index >= 15 is 0 Å². The maximum absolute atomic E-state index is 14.3. The molecule has 8 nitrogen and oxygen atoms in total. The summed E-state index contributed by atoms with van der Waals surface area (Å²) in [7, 11) is -3.98. The summed E-state index contributed by atoms with van der Waals surface area (Å²) < 4.78 is 42.8. The van der Waals surface area contributed by atoms with Gasteiger partial charge in [-0.25, -0.2) is 12.8 Å². The first kappa shape index (κ1) is 21.8. The molecule has 0 unspecified atom stereocenters. The van der Waals surface area contributed by atoms with Gasteiger partial charge in [-0.1, -0.05) is 11.6 Å². The molecule has 1 aliphatic rings. The lowest BCUT2D eigenvalue weighted by Crippen LogP contribution is -2.41. The fraction of sp³-hybridized carbons (Fsp3) is 0.167. The van der Waals surface area contributed by atoms with Gasteiger partial charge < -0.3 is 4.90 Å². The standard InChI is InChI=1S/C18H13ClFN3O5S3/c19-16-5-3-14(29-16)15-4-6-17(30-15)31(27,28)21-12-7-8-22(18(12)24)13-2-1-10(23(25)26)9-11(13)20/h1-6,9,12,21H,7-8H2/t12-/m0/s1. The molecule has 1 N–H and O–H groups in total. The Balaban J connectivity index is 1.51. The first-order chi connectivity index (χ1) is 14.7. The van der Waals surface area contributed by atoms with Crippen LogP contribution in [-0.2, 0) is 14.8 Å². The molecule has 0 bridgehead atoms. The molecule has 1 aliphatic heterocycles. The van der Waals surface area contributed by atoms with Crippen LogP contribution in [0.15, 0.2) is 46.7 Å². The van der Waals surface area contributed by atoms with E-state index in [0.717, 1.165) is 44.2 Å². The van der Waals surface area contributed by atoms with Gasteiger partial charge >= 0.3 is 0 Å². The summed E-state index contributed by atoms with van der Waals surface area (Å²) in [5.41, 5.74) is -0.573. The number of hydrogen-bond donors (Lipinski definition) is 1. The summed E-state index contributed by atoms with van der Waals surface area (Å²) in [5, 5.41) is 10.8. The van der Waals surface area contributed by atoms with E-state index in [0.29, 0.717) is 4.34 Å². The van der Waals surface area contributed by atoms with Crippen LogP contribution in [0.3, 0.4) is 0 Å². The topological polar surface area (TPSA) is 110 Å². The van der Waals surface area contributed by atoms with Crippen molar-refractivity contribution in [2.75, 3.05) is 11.4 Å². The Bertz CT molecular complexity index is 1290. The van der Waals surface area contributed by atoms with Crippen molar-refractivity contribution >= 4 is 61.6 Å². The monoisotopic (exact) mass is 501 g/mol. The molecule has 1 amide bonds.